The molecule has 0 amide bonds. The Morgan fingerprint density at radius 2 is 2.17 bits per heavy atom. The first kappa shape index (κ1) is 12.2. The van der Waals surface area contributed by atoms with Crippen molar-refractivity contribution in [3.05, 3.63) is 0 Å². The number of hydrogen-bond acceptors (Lipinski definition) is 3. The van der Waals surface area contributed by atoms with E-state index >= 15 is 0 Å². The molecule has 1 unspecified atom stereocenters. The minimum atomic E-state index is -0.111. The third-order valence-electron chi connectivity index (χ3n) is 1.86. The monoisotopic (exact) mass is 195 g/mol. The predicted octanol–water partition coefficient (Wildman–Crippen LogP) is 0.510. The van der Waals surface area contributed by atoms with E-state index in [9.17, 15) is 0 Å². The van der Waals surface area contributed by atoms with Crippen molar-refractivity contribution in [2.24, 2.45) is 0 Å². The number of morpholine rings is 1. The van der Waals surface area contributed by atoms with Crippen molar-refractivity contribution in [3.8, 4) is 0 Å². The lowest BCUT2D eigenvalue weighted by molar-refractivity contribution is -0.143. The molecule has 1 heterocycles. The van der Waals surface area contributed by atoms with Crippen LogP contribution in [0.15, 0.2) is 0 Å². The van der Waals surface area contributed by atoms with Crippen LogP contribution < -0.4 is 0 Å². The highest BCUT2D eigenvalue weighted by atomic mass is 35.5. The van der Waals surface area contributed by atoms with E-state index in [-0.39, 0.29) is 30.7 Å². The van der Waals surface area contributed by atoms with Crippen molar-refractivity contribution in [2.75, 3.05) is 26.7 Å². The van der Waals surface area contributed by atoms with Crippen molar-refractivity contribution >= 4 is 12.4 Å². The van der Waals surface area contributed by atoms with Gasteiger partial charge in [0, 0.05) is 13.1 Å². The van der Waals surface area contributed by atoms with Gasteiger partial charge >= 0.3 is 0 Å². The van der Waals surface area contributed by atoms with Gasteiger partial charge in [0.15, 0.2) is 0 Å². The van der Waals surface area contributed by atoms with Crippen LogP contribution in [-0.2, 0) is 4.74 Å². The molecule has 1 aliphatic rings. The molecule has 12 heavy (non-hydrogen) atoms. The number of rotatable bonds is 1. The molecule has 0 saturated carbocycles. The van der Waals surface area contributed by atoms with Gasteiger partial charge in [-0.05, 0) is 20.9 Å². The molecule has 74 valence electrons. The van der Waals surface area contributed by atoms with Gasteiger partial charge in [0.1, 0.15) is 0 Å². The summed E-state index contributed by atoms with van der Waals surface area (Å²) < 4.78 is 5.60. The largest absolute Gasteiger partial charge is 0.394 e. The predicted molar refractivity (Wildman–Crippen MR) is 50.8 cm³/mol. The Morgan fingerprint density at radius 3 is 2.58 bits per heavy atom. The number of likely N-dealkylation sites (N-methyl/N-ethyl adjacent to an activating group) is 1. The third-order valence-corrected chi connectivity index (χ3v) is 1.86. The van der Waals surface area contributed by atoms with Crippen LogP contribution in [0.4, 0.5) is 0 Å². The summed E-state index contributed by atoms with van der Waals surface area (Å²) in [4.78, 5) is 2.18. The van der Waals surface area contributed by atoms with Crippen molar-refractivity contribution < 1.29 is 9.84 Å². The minimum absolute atomic E-state index is 0. The fourth-order valence-corrected chi connectivity index (χ4v) is 1.68. The molecule has 1 saturated heterocycles. The highest BCUT2D eigenvalue weighted by Crippen LogP contribution is 2.19. The van der Waals surface area contributed by atoms with Gasteiger partial charge in [0.25, 0.3) is 0 Å². The molecule has 1 rings (SSSR count). The molecule has 0 aromatic heterocycles. The lowest BCUT2D eigenvalue weighted by Crippen LogP contribution is -2.52. The summed E-state index contributed by atoms with van der Waals surface area (Å²) in [6.07, 6.45) is -0.0104. The van der Waals surface area contributed by atoms with Gasteiger partial charge in [-0.15, -0.1) is 12.4 Å². The van der Waals surface area contributed by atoms with Crippen LogP contribution in [0, 0.1) is 0 Å². The first-order valence-electron chi connectivity index (χ1n) is 4.01. The SMILES string of the molecule is CN1CC(CO)OC(C)(C)C1.Cl. The van der Waals surface area contributed by atoms with E-state index in [1.165, 1.54) is 0 Å². The van der Waals surface area contributed by atoms with Crippen LogP contribution in [0.1, 0.15) is 13.8 Å². The maximum absolute atomic E-state index is 8.89. The maximum atomic E-state index is 8.89. The normalized spacial score (nSPS) is 29.5. The lowest BCUT2D eigenvalue weighted by Gasteiger charge is -2.40. The molecule has 1 aliphatic heterocycles. The topological polar surface area (TPSA) is 32.7 Å². The summed E-state index contributed by atoms with van der Waals surface area (Å²) >= 11 is 0. The molecule has 0 aromatic rings. The standard InChI is InChI=1S/C8H17NO2.ClH/c1-8(2)6-9(3)4-7(5-10)11-8;/h7,10H,4-6H2,1-3H3;1H. The quantitative estimate of drug-likeness (QED) is 0.662. The third kappa shape index (κ3) is 3.27. The number of aliphatic hydroxyl groups excluding tert-OH is 1. The first-order valence-corrected chi connectivity index (χ1v) is 4.01. The molecule has 1 N–H and O–H groups in total. The fourth-order valence-electron chi connectivity index (χ4n) is 1.68. The van der Waals surface area contributed by atoms with Gasteiger partial charge in [-0.2, -0.15) is 0 Å². The summed E-state index contributed by atoms with van der Waals surface area (Å²) in [6.45, 7) is 5.98. The van der Waals surface area contributed by atoms with E-state index < -0.39 is 0 Å². The van der Waals surface area contributed by atoms with Crippen LogP contribution in [-0.4, -0.2) is 48.5 Å². The minimum Gasteiger partial charge on any atom is -0.394 e. The second kappa shape index (κ2) is 4.42. The lowest BCUT2D eigenvalue weighted by atomic mass is 10.1. The van der Waals surface area contributed by atoms with Gasteiger partial charge in [0.05, 0.1) is 18.3 Å². The smallest absolute Gasteiger partial charge is 0.0940 e. The van der Waals surface area contributed by atoms with Crippen LogP contribution >= 0.6 is 12.4 Å². The van der Waals surface area contributed by atoms with Crippen molar-refractivity contribution in [1.82, 2.24) is 4.90 Å². The zero-order chi connectivity index (χ0) is 8.48. The molecule has 0 radical (unpaired) electrons. The highest BCUT2D eigenvalue weighted by Gasteiger charge is 2.30. The van der Waals surface area contributed by atoms with Gasteiger partial charge in [-0.25, -0.2) is 0 Å². The average molecular weight is 196 g/mol. The molecule has 1 fully saturated rings. The molecule has 0 spiro atoms. The number of aliphatic hydroxyl groups is 1. The summed E-state index contributed by atoms with van der Waals surface area (Å²) in [6, 6.07) is 0. The van der Waals surface area contributed by atoms with E-state index in [2.05, 4.69) is 4.90 Å². The summed E-state index contributed by atoms with van der Waals surface area (Å²) in [5.41, 5.74) is -0.111. The summed E-state index contributed by atoms with van der Waals surface area (Å²) in [7, 11) is 2.05. The maximum Gasteiger partial charge on any atom is 0.0940 e. The summed E-state index contributed by atoms with van der Waals surface area (Å²) in [5.74, 6) is 0. The van der Waals surface area contributed by atoms with Gasteiger partial charge in [0.2, 0.25) is 0 Å². The second-order valence-electron chi connectivity index (χ2n) is 3.88. The van der Waals surface area contributed by atoms with Crippen LogP contribution in [0.3, 0.4) is 0 Å². The van der Waals surface area contributed by atoms with Crippen LogP contribution in [0.25, 0.3) is 0 Å². The van der Waals surface area contributed by atoms with Crippen LogP contribution in [0.5, 0.6) is 0 Å². The molecular weight excluding hydrogens is 178 g/mol. The molecule has 0 aliphatic carbocycles. The van der Waals surface area contributed by atoms with E-state index in [0.717, 1.165) is 13.1 Å². The van der Waals surface area contributed by atoms with Crippen molar-refractivity contribution in [1.29, 1.82) is 0 Å². The average Bonchev–Trinajstić information content (AvgIpc) is 1.83. The number of halogens is 1. The number of ether oxygens (including phenoxy) is 1. The first-order chi connectivity index (χ1) is 5.03. The van der Waals surface area contributed by atoms with Crippen molar-refractivity contribution in [3.63, 3.8) is 0 Å². The van der Waals surface area contributed by atoms with Gasteiger partial charge < -0.3 is 14.7 Å². The van der Waals surface area contributed by atoms with E-state index in [4.69, 9.17) is 9.84 Å². The number of hydrogen-bond donors (Lipinski definition) is 1. The summed E-state index contributed by atoms with van der Waals surface area (Å²) in [5, 5.41) is 8.89. The Balaban J connectivity index is 0.00000121. The molecular formula is C8H18ClNO2. The second-order valence-corrected chi connectivity index (χ2v) is 3.88. The van der Waals surface area contributed by atoms with Crippen molar-refractivity contribution in [2.45, 2.75) is 25.6 Å². The van der Waals surface area contributed by atoms with E-state index in [1.807, 2.05) is 20.9 Å². The molecule has 0 bridgehead atoms. The molecule has 1 atom stereocenters. The zero-order valence-corrected chi connectivity index (χ0v) is 8.73. The molecule has 4 heteroatoms. The zero-order valence-electron chi connectivity index (χ0n) is 7.91. The molecule has 0 aromatic carbocycles. The Bertz CT molecular complexity index is 141. The van der Waals surface area contributed by atoms with Crippen LogP contribution in [0.2, 0.25) is 0 Å². The Labute approximate surface area is 80.1 Å². The van der Waals surface area contributed by atoms with Gasteiger partial charge in [-0.1, -0.05) is 0 Å². The Hall–Kier alpha value is 0.170. The molecule has 3 nitrogen and oxygen atoms in total. The van der Waals surface area contributed by atoms with E-state index in [1.54, 1.807) is 0 Å². The fraction of sp³-hybridized carbons (Fsp3) is 1.00. The number of nitrogens with zero attached hydrogens (tertiary/aromatic N) is 1. The Morgan fingerprint density at radius 1 is 1.58 bits per heavy atom. The Kier molecular flexibility index (Phi) is 4.48. The highest BCUT2D eigenvalue weighted by molar-refractivity contribution is 5.85. The van der Waals surface area contributed by atoms with E-state index in [0.29, 0.717) is 0 Å². The van der Waals surface area contributed by atoms with Gasteiger partial charge in [-0.3, -0.25) is 0 Å².